The van der Waals surface area contributed by atoms with Gasteiger partial charge < -0.3 is 10.3 Å². The van der Waals surface area contributed by atoms with Crippen molar-refractivity contribution in [2.45, 2.75) is 24.7 Å². The van der Waals surface area contributed by atoms with E-state index in [0.29, 0.717) is 18.0 Å². The highest BCUT2D eigenvalue weighted by atomic mass is 35.5. The van der Waals surface area contributed by atoms with Gasteiger partial charge in [0.05, 0.1) is 6.42 Å². The van der Waals surface area contributed by atoms with Crippen LogP contribution >= 0.6 is 11.6 Å². The third kappa shape index (κ3) is 3.27. The van der Waals surface area contributed by atoms with E-state index in [1.165, 1.54) is 12.1 Å². The Balaban J connectivity index is 1.44. The van der Waals surface area contributed by atoms with Crippen molar-refractivity contribution < 1.29 is 9.18 Å². The van der Waals surface area contributed by atoms with E-state index in [9.17, 15) is 9.18 Å². The number of rotatable bonds is 5. The van der Waals surface area contributed by atoms with Crippen LogP contribution in [0.4, 0.5) is 4.39 Å². The van der Waals surface area contributed by atoms with Gasteiger partial charge in [-0.2, -0.15) is 0 Å². The van der Waals surface area contributed by atoms with Crippen molar-refractivity contribution in [3.05, 3.63) is 70.6 Å². The molecule has 0 bridgehead atoms. The molecule has 3 nitrogen and oxygen atoms in total. The molecule has 0 spiro atoms. The molecule has 0 radical (unpaired) electrons. The fourth-order valence-corrected chi connectivity index (χ4v) is 3.47. The predicted molar refractivity (Wildman–Crippen MR) is 97.3 cm³/mol. The first-order valence-electron chi connectivity index (χ1n) is 8.34. The topological polar surface area (TPSA) is 44.9 Å². The highest BCUT2D eigenvalue weighted by Crippen LogP contribution is 2.50. The van der Waals surface area contributed by atoms with Crippen molar-refractivity contribution in [2.75, 3.05) is 6.54 Å². The molecule has 0 atom stereocenters. The van der Waals surface area contributed by atoms with Crippen molar-refractivity contribution in [3.63, 3.8) is 0 Å². The van der Waals surface area contributed by atoms with Gasteiger partial charge in [-0.25, -0.2) is 4.39 Å². The second-order valence-corrected chi connectivity index (χ2v) is 7.19. The summed E-state index contributed by atoms with van der Waals surface area (Å²) in [4.78, 5) is 15.4. The smallest absolute Gasteiger partial charge is 0.224 e. The number of hydrogen-bond acceptors (Lipinski definition) is 1. The molecular weight excluding hydrogens is 339 g/mol. The number of benzene rings is 2. The summed E-state index contributed by atoms with van der Waals surface area (Å²) in [5.74, 6) is -0.249. The van der Waals surface area contributed by atoms with E-state index >= 15 is 0 Å². The monoisotopic (exact) mass is 356 g/mol. The molecule has 1 aliphatic rings. The van der Waals surface area contributed by atoms with Gasteiger partial charge in [-0.15, -0.1) is 0 Å². The Hall–Kier alpha value is -2.33. The molecule has 2 N–H and O–H groups in total. The van der Waals surface area contributed by atoms with E-state index < -0.39 is 0 Å². The van der Waals surface area contributed by atoms with Crippen LogP contribution in [0.2, 0.25) is 5.02 Å². The van der Waals surface area contributed by atoms with E-state index in [-0.39, 0.29) is 17.1 Å². The van der Waals surface area contributed by atoms with Gasteiger partial charge in [0, 0.05) is 34.1 Å². The van der Waals surface area contributed by atoms with Crippen LogP contribution in [0.15, 0.2) is 48.7 Å². The average Bonchev–Trinajstić information content (AvgIpc) is 3.27. The van der Waals surface area contributed by atoms with Gasteiger partial charge in [0.25, 0.3) is 0 Å². The molecule has 0 saturated heterocycles. The number of carbonyl (C=O) groups is 1. The molecule has 3 aromatic rings. The fourth-order valence-electron chi connectivity index (χ4n) is 3.35. The van der Waals surface area contributed by atoms with Crippen LogP contribution in [-0.2, 0) is 16.6 Å². The van der Waals surface area contributed by atoms with Gasteiger partial charge in [0.15, 0.2) is 0 Å². The number of amides is 1. The third-order valence-corrected chi connectivity index (χ3v) is 5.22. The van der Waals surface area contributed by atoms with Gasteiger partial charge in [-0.1, -0.05) is 23.7 Å². The van der Waals surface area contributed by atoms with Gasteiger partial charge in [0.1, 0.15) is 5.82 Å². The molecule has 1 fully saturated rings. The Morgan fingerprint density at radius 2 is 1.96 bits per heavy atom. The number of H-pyrrole nitrogens is 1. The molecule has 0 unspecified atom stereocenters. The summed E-state index contributed by atoms with van der Waals surface area (Å²) in [7, 11) is 0. The zero-order valence-electron chi connectivity index (χ0n) is 13.6. The Morgan fingerprint density at radius 1 is 1.20 bits per heavy atom. The molecule has 1 aromatic heterocycles. The summed E-state index contributed by atoms with van der Waals surface area (Å²) in [5.41, 5.74) is 2.86. The lowest BCUT2D eigenvalue weighted by Gasteiger charge is -2.16. The average molecular weight is 357 g/mol. The van der Waals surface area contributed by atoms with Crippen molar-refractivity contribution in [1.82, 2.24) is 10.3 Å². The first-order chi connectivity index (χ1) is 12.1. The lowest BCUT2D eigenvalue weighted by Crippen LogP contribution is -2.33. The fraction of sp³-hybridized carbons (Fsp3) is 0.250. The standard InChI is InChI=1S/C20H18ClFN2O/c21-14-3-1-13(2-4-14)9-19(25)24-12-20(7-8-20)17-11-23-18-10-15(22)5-6-16(17)18/h1-6,10-11,23H,7-9,12H2,(H,24,25). The predicted octanol–water partition coefficient (Wildman–Crippen LogP) is 4.35. The van der Waals surface area contributed by atoms with Crippen molar-refractivity contribution >= 4 is 28.4 Å². The maximum absolute atomic E-state index is 13.4. The number of hydrogen-bond donors (Lipinski definition) is 2. The summed E-state index contributed by atoms with van der Waals surface area (Å²) in [6.07, 6.45) is 4.34. The van der Waals surface area contributed by atoms with Crippen LogP contribution in [0.5, 0.6) is 0 Å². The van der Waals surface area contributed by atoms with E-state index in [0.717, 1.165) is 34.9 Å². The summed E-state index contributed by atoms with van der Waals surface area (Å²) in [6.45, 7) is 0.601. The molecule has 25 heavy (non-hydrogen) atoms. The van der Waals surface area contributed by atoms with Crippen molar-refractivity contribution in [3.8, 4) is 0 Å². The maximum atomic E-state index is 13.4. The van der Waals surface area contributed by atoms with Crippen molar-refractivity contribution in [1.29, 1.82) is 0 Å². The molecule has 1 heterocycles. The summed E-state index contributed by atoms with van der Waals surface area (Å²) >= 11 is 5.87. The molecule has 0 aliphatic heterocycles. The largest absolute Gasteiger partial charge is 0.361 e. The quantitative estimate of drug-likeness (QED) is 0.701. The maximum Gasteiger partial charge on any atom is 0.224 e. The van der Waals surface area contributed by atoms with E-state index in [1.807, 2.05) is 24.4 Å². The Kier molecular flexibility index (Phi) is 4.00. The molecule has 5 heteroatoms. The molecule has 128 valence electrons. The molecular formula is C20H18ClFN2O. The number of aromatic nitrogens is 1. The van der Waals surface area contributed by atoms with Gasteiger partial charge in [0.2, 0.25) is 5.91 Å². The van der Waals surface area contributed by atoms with Crippen LogP contribution < -0.4 is 5.32 Å². The summed E-state index contributed by atoms with van der Waals surface area (Å²) < 4.78 is 13.4. The summed E-state index contributed by atoms with van der Waals surface area (Å²) in [6, 6.07) is 12.1. The van der Waals surface area contributed by atoms with E-state index in [4.69, 9.17) is 11.6 Å². The number of aromatic amines is 1. The first kappa shape index (κ1) is 16.2. The second-order valence-electron chi connectivity index (χ2n) is 6.75. The highest BCUT2D eigenvalue weighted by molar-refractivity contribution is 6.30. The normalized spacial score (nSPS) is 15.3. The second kappa shape index (κ2) is 6.19. The first-order valence-corrected chi connectivity index (χ1v) is 8.72. The van der Waals surface area contributed by atoms with Crippen LogP contribution in [0.3, 0.4) is 0 Å². The SMILES string of the molecule is O=C(Cc1ccc(Cl)cc1)NCC1(c2c[nH]c3cc(F)ccc23)CC1. The molecule has 2 aromatic carbocycles. The highest BCUT2D eigenvalue weighted by Gasteiger charge is 2.45. The lowest BCUT2D eigenvalue weighted by atomic mass is 9.95. The van der Waals surface area contributed by atoms with Gasteiger partial charge >= 0.3 is 0 Å². The molecule has 1 amide bonds. The third-order valence-electron chi connectivity index (χ3n) is 4.97. The number of carbonyl (C=O) groups excluding carboxylic acids is 1. The lowest BCUT2D eigenvalue weighted by molar-refractivity contribution is -0.120. The number of fused-ring (bicyclic) bond motifs is 1. The van der Waals surface area contributed by atoms with Crippen LogP contribution in [0.25, 0.3) is 10.9 Å². The van der Waals surface area contributed by atoms with Crippen LogP contribution in [-0.4, -0.2) is 17.4 Å². The zero-order chi connectivity index (χ0) is 17.4. The minimum atomic E-state index is -0.248. The Bertz CT molecular complexity index is 929. The Labute approximate surface area is 150 Å². The van der Waals surface area contributed by atoms with Gasteiger partial charge in [-0.3, -0.25) is 4.79 Å². The van der Waals surface area contributed by atoms with Crippen LogP contribution in [0.1, 0.15) is 24.0 Å². The minimum absolute atomic E-state index is 0.000479. The Morgan fingerprint density at radius 3 is 2.68 bits per heavy atom. The van der Waals surface area contributed by atoms with E-state index in [1.54, 1.807) is 12.1 Å². The molecule has 1 aliphatic carbocycles. The number of nitrogens with one attached hydrogen (secondary N) is 2. The van der Waals surface area contributed by atoms with Gasteiger partial charge in [-0.05, 0) is 54.3 Å². The molecule has 4 rings (SSSR count). The van der Waals surface area contributed by atoms with Crippen molar-refractivity contribution in [2.24, 2.45) is 0 Å². The molecule has 1 saturated carbocycles. The summed E-state index contributed by atoms with van der Waals surface area (Å²) in [5, 5.41) is 4.75. The zero-order valence-corrected chi connectivity index (χ0v) is 14.4. The number of halogens is 2. The minimum Gasteiger partial charge on any atom is -0.361 e. The van der Waals surface area contributed by atoms with E-state index in [2.05, 4.69) is 10.3 Å². The van der Waals surface area contributed by atoms with Crippen LogP contribution in [0, 0.1) is 5.82 Å².